The van der Waals surface area contributed by atoms with Gasteiger partial charge in [-0.2, -0.15) is 4.98 Å². The van der Waals surface area contributed by atoms with Gasteiger partial charge in [-0.25, -0.2) is 4.79 Å². The lowest BCUT2D eigenvalue weighted by Crippen LogP contribution is -2.60. The molecule has 9 heteroatoms. The lowest BCUT2D eigenvalue weighted by molar-refractivity contribution is 0.0479. The number of carbonyl (C=O) groups excluding carboxylic acids is 1. The zero-order valence-electron chi connectivity index (χ0n) is 22.8. The SMILES string of the molecule is CC(C)=CCn1c(OC2CC(C)(C)NC(C)(C)C2)nc2c1c(=O)n(CC(=O)c1ccccc1)c(=O)n2C. The van der Waals surface area contributed by atoms with E-state index in [1.807, 2.05) is 26.0 Å². The number of ether oxygens (including phenoxy) is 1. The standard InChI is InChI=1S/C28H37N5O4/c1-18(2)13-14-32-22-23(29-25(32)37-20-15-27(3,4)30-28(5,6)16-20)31(7)26(36)33(24(22)35)17-21(34)19-11-9-8-10-12-19/h8-13,20,30H,14-17H2,1-7H3. The molecule has 1 fully saturated rings. The molecule has 198 valence electrons. The number of aryl methyl sites for hydroxylation is 1. The fourth-order valence-corrected chi connectivity index (χ4v) is 5.34. The van der Waals surface area contributed by atoms with E-state index in [9.17, 15) is 14.4 Å². The molecule has 0 saturated carbocycles. The third-order valence-corrected chi connectivity index (χ3v) is 6.70. The van der Waals surface area contributed by atoms with Gasteiger partial charge in [0.25, 0.3) is 11.6 Å². The van der Waals surface area contributed by atoms with Crippen molar-refractivity contribution >= 4 is 16.9 Å². The highest BCUT2D eigenvalue weighted by Crippen LogP contribution is 2.32. The van der Waals surface area contributed by atoms with Gasteiger partial charge in [0.05, 0.1) is 6.54 Å². The second-order valence-corrected chi connectivity index (χ2v) is 11.5. The van der Waals surface area contributed by atoms with E-state index in [4.69, 9.17) is 4.74 Å². The molecule has 1 saturated heterocycles. The molecule has 0 unspecified atom stereocenters. The molecule has 2 aromatic heterocycles. The molecule has 1 aromatic carbocycles. The van der Waals surface area contributed by atoms with Crippen LogP contribution >= 0.6 is 0 Å². The molecule has 3 aromatic rings. The fraction of sp³-hybridized carbons (Fsp3) is 0.500. The number of Topliss-reactive ketones (excluding diaryl/α,β-unsaturated/α-hetero) is 1. The molecule has 0 atom stereocenters. The Balaban J connectivity index is 1.83. The van der Waals surface area contributed by atoms with Crippen molar-refractivity contribution in [3.05, 3.63) is 68.4 Å². The minimum Gasteiger partial charge on any atom is -0.461 e. The maximum Gasteiger partial charge on any atom is 0.332 e. The molecule has 1 N–H and O–H groups in total. The van der Waals surface area contributed by atoms with Gasteiger partial charge >= 0.3 is 5.69 Å². The van der Waals surface area contributed by atoms with Crippen molar-refractivity contribution in [3.8, 4) is 6.01 Å². The maximum absolute atomic E-state index is 13.7. The molecule has 0 amide bonds. The number of allylic oxidation sites excluding steroid dienone is 2. The van der Waals surface area contributed by atoms with Crippen LogP contribution in [0.25, 0.3) is 11.2 Å². The molecule has 3 heterocycles. The molecule has 0 spiro atoms. The van der Waals surface area contributed by atoms with Crippen LogP contribution in [0.3, 0.4) is 0 Å². The van der Waals surface area contributed by atoms with Crippen LogP contribution in [0.4, 0.5) is 0 Å². The van der Waals surface area contributed by atoms with E-state index in [0.29, 0.717) is 18.1 Å². The Labute approximate surface area is 216 Å². The van der Waals surface area contributed by atoms with Crippen LogP contribution in [0.2, 0.25) is 0 Å². The van der Waals surface area contributed by atoms with Gasteiger partial charge in [0.15, 0.2) is 16.9 Å². The number of nitrogens with zero attached hydrogens (tertiary/aromatic N) is 4. The molecular weight excluding hydrogens is 470 g/mol. The first kappa shape index (κ1) is 26.6. The Morgan fingerprint density at radius 1 is 1.08 bits per heavy atom. The van der Waals surface area contributed by atoms with Gasteiger partial charge in [-0.3, -0.25) is 23.3 Å². The average Bonchev–Trinajstić information content (AvgIpc) is 3.15. The molecule has 1 aliphatic heterocycles. The van der Waals surface area contributed by atoms with E-state index in [2.05, 4.69) is 38.0 Å². The van der Waals surface area contributed by atoms with Crippen molar-refractivity contribution < 1.29 is 9.53 Å². The van der Waals surface area contributed by atoms with Gasteiger partial charge in [0.1, 0.15) is 6.10 Å². The first-order valence-corrected chi connectivity index (χ1v) is 12.7. The van der Waals surface area contributed by atoms with E-state index < -0.39 is 11.2 Å². The van der Waals surface area contributed by atoms with Crippen molar-refractivity contribution in [2.45, 2.75) is 84.7 Å². The summed E-state index contributed by atoms with van der Waals surface area (Å²) in [4.78, 5) is 44.4. The highest BCUT2D eigenvalue weighted by atomic mass is 16.5. The molecular formula is C28H37N5O4. The smallest absolute Gasteiger partial charge is 0.332 e. The topological polar surface area (TPSA) is 100 Å². The second kappa shape index (κ2) is 9.78. The molecule has 9 nitrogen and oxygen atoms in total. The predicted octanol–water partition coefficient (Wildman–Crippen LogP) is 3.43. The molecule has 37 heavy (non-hydrogen) atoms. The number of benzene rings is 1. The van der Waals surface area contributed by atoms with Gasteiger partial charge in [-0.1, -0.05) is 42.0 Å². The summed E-state index contributed by atoms with van der Waals surface area (Å²) < 4.78 is 10.5. The minimum absolute atomic E-state index is 0.132. The van der Waals surface area contributed by atoms with Crippen molar-refractivity contribution in [1.29, 1.82) is 0 Å². The van der Waals surface area contributed by atoms with E-state index in [1.54, 1.807) is 35.9 Å². The quantitative estimate of drug-likeness (QED) is 0.389. The van der Waals surface area contributed by atoms with Gasteiger partial charge < -0.3 is 10.1 Å². The van der Waals surface area contributed by atoms with Crippen LogP contribution < -0.4 is 21.3 Å². The average molecular weight is 508 g/mol. The number of hydrogen-bond acceptors (Lipinski definition) is 6. The Morgan fingerprint density at radius 3 is 2.30 bits per heavy atom. The van der Waals surface area contributed by atoms with Crippen LogP contribution in [-0.4, -0.2) is 41.7 Å². The van der Waals surface area contributed by atoms with Gasteiger partial charge in [0.2, 0.25) is 0 Å². The summed E-state index contributed by atoms with van der Waals surface area (Å²) in [6.07, 6.45) is 3.37. The molecule has 0 radical (unpaired) electrons. The first-order valence-electron chi connectivity index (χ1n) is 12.7. The molecule has 4 rings (SSSR count). The Morgan fingerprint density at radius 2 is 1.70 bits per heavy atom. The van der Waals surface area contributed by atoms with Crippen LogP contribution in [0.15, 0.2) is 51.6 Å². The summed E-state index contributed by atoms with van der Waals surface area (Å²) in [6.45, 7) is 12.5. The molecule has 0 bridgehead atoms. The van der Waals surface area contributed by atoms with E-state index in [1.165, 1.54) is 4.57 Å². The zero-order valence-corrected chi connectivity index (χ0v) is 22.8. The summed E-state index contributed by atoms with van der Waals surface area (Å²) in [5.74, 6) is -0.315. The lowest BCUT2D eigenvalue weighted by Gasteiger charge is -2.46. The number of piperidine rings is 1. The summed E-state index contributed by atoms with van der Waals surface area (Å²) in [5.41, 5.74) is 0.561. The lowest BCUT2D eigenvalue weighted by atomic mass is 9.81. The summed E-state index contributed by atoms with van der Waals surface area (Å²) in [5, 5.41) is 3.65. The van der Waals surface area contributed by atoms with E-state index in [-0.39, 0.29) is 40.7 Å². The number of rotatable bonds is 7. The summed E-state index contributed by atoms with van der Waals surface area (Å²) >= 11 is 0. The van der Waals surface area contributed by atoms with Crippen molar-refractivity contribution in [1.82, 2.24) is 24.0 Å². The third-order valence-electron chi connectivity index (χ3n) is 6.70. The number of imidazole rings is 1. The van der Waals surface area contributed by atoms with E-state index >= 15 is 0 Å². The number of aromatic nitrogens is 4. The minimum atomic E-state index is -0.593. The van der Waals surface area contributed by atoms with Crippen LogP contribution in [0.5, 0.6) is 6.01 Å². The highest BCUT2D eigenvalue weighted by molar-refractivity contribution is 5.95. The summed E-state index contributed by atoms with van der Waals surface area (Å²) in [6, 6.07) is 8.94. The number of hydrogen-bond donors (Lipinski definition) is 1. The van der Waals surface area contributed by atoms with Crippen molar-refractivity contribution in [3.63, 3.8) is 0 Å². The van der Waals surface area contributed by atoms with Crippen LogP contribution in [0, 0.1) is 0 Å². The maximum atomic E-state index is 13.7. The van der Waals surface area contributed by atoms with Crippen molar-refractivity contribution in [2.24, 2.45) is 7.05 Å². The van der Waals surface area contributed by atoms with E-state index in [0.717, 1.165) is 23.0 Å². The molecule has 1 aliphatic rings. The Kier molecular flexibility index (Phi) is 7.03. The van der Waals surface area contributed by atoms with Crippen LogP contribution in [0.1, 0.15) is 64.7 Å². The normalized spacial score (nSPS) is 17.1. The van der Waals surface area contributed by atoms with Crippen molar-refractivity contribution in [2.75, 3.05) is 0 Å². The number of ketones is 1. The zero-order chi connectivity index (χ0) is 27.1. The van der Waals surface area contributed by atoms with Gasteiger partial charge in [-0.05, 0) is 41.5 Å². The van der Waals surface area contributed by atoms with Gasteiger partial charge in [-0.15, -0.1) is 0 Å². The monoisotopic (exact) mass is 507 g/mol. The second-order valence-electron chi connectivity index (χ2n) is 11.5. The largest absolute Gasteiger partial charge is 0.461 e. The highest BCUT2D eigenvalue weighted by Gasteiger charge is 2.39. The first-order chi connectivity index (χ1) is 17.3. The van der Waals surface area contributed by atoms with Gasteiger partial charge in [0, 0.05) is 43.1 Å². The fourth-order valence-electron chi connectivity index (χ4n) is 5.34. The predicted molar refractivity (Wildman–Crippen MR) is 144 cm³/mol. The van der Waals surface area contributed by atoms with Crippen LogP contribution in [-0.2, 0) is 20.1 Å². The molecule has 0 aliphatic carbocycles. The Hall–Kier alpha value is -3.46. The third kappa shape index (κ3) is 5.61. The number of carbonyl (C=O) groups is 1. The Bertz CT molecular complexity index is 1450. The summed E-state index contributed by atoms with van der Waals surface area (Å²) in [7, 11) is 1.56. The number of fused-ring (bicyclic) bond motifs is 1. The number of nitrogens with one attached hydrogen (secondary N) is 1.